The number of fused-ring (bicyclic) bond motifs is 1. The Labute approximate surface area is 274 Å². The van der Waals surface area contributed by atoms with Crippen LogP contribution in [0.15, 0.2) is 24.3 Å². The predicted molar refractivity (Wildman–Crippen MR) is 167 cm³/mol. The maximum absolute atomic E-state index is 14.2. The number of amides is 3. The summed E-state index contributed by atoms with van der Waals surface area (Å²) in [6, 6.07) is 6.72. The van der Waals surface area contributed by atoms with Crippen molar-refractivity contribution in [2.75, 3.05) is 33.9 Å². The molecule has 1 heterocycles. The summed E-state index contributed by atoms with van der Waals surface area (Å²) in [5, 5.41) is 17.4. The number of rotatable bonds is 13. The van der Waals surface area contributed by atoms with E-state index in [-0.39, 0.29) is 17.5 Å². The lowest BCUT2D eigenvalue weighted by Crippen LogP contribution is -2.40. The second-order valence-corrected chi connectivity index (χ2v) is 10.3. The number of hydrogen-bond acceptors (Lipinski definition) is 8. The van der Waals surface area contributed by atoms with Crippen molar-refractivity contribution >= 4 is 40.7 Å². The topological polar surface area (TPSA) is 176 Å². The fraction of sp³-hybridized carbons (Fsp3) is 0.406. The zero-order valence-corrected chi connectivity index (χ0v) is 27.6. The molecule has 0 aliphatic carbocycles. The third-order valence-corrected chi connectivity index (χ3v) is 6.34. The Hall–Kier alpha value is -4.99. The number of Topliss-reactive ketones (excluding diaryl/α,β-unsaturated/α-hetero) is 1. The van der Waals surface area contributed by atoms with Crippen molar-refractivity contribution in [3.63, 3.8) is 0 Å². The first-order valence-electron chi connectivity index (χ1n) is 14.7. The minimum Gasteiger partial charge on any atom is -0.496 e. The minimum absolute atomic E-state index is 0.0814. The van der Waals surface area contributed by atoms with Gasteiger partial charge >= 0.3 is 0 Å². The molecule has 0 aliphatic heterocycles. The van der Waals surface area contributed by atoms with Crippen LogP contribution in [0.1, 0.15) is 57.1 Å². The van der Waals surface area contributed by atoms with Gasteiger partial charge in [0.15, 0.2) is 23.2 Å². The van der Waals surface area contributed by atoms with E-state index >= 15 is 0 Å². The van der Waals surface area contributed by atoms with Crippen LogP contribution >= 0.6 is 0 Å². The summed E-state index contributed by atoms with van der Waals surface area (Å²) in [5.74, 6) is -11.1. The number of aromatic nitrogens is 1. The Bertz CT molecular complexity index is 1580. The molecule has 2 aromatic carbocycles. The number of methoxy groups -OCH3 is 1. The van der Waals surface area contributed by atoms with E-state index in [1.54, 1.807) is 38.2 Å². The molecule has 1 unspecified atom stereocenters. The molecule has 0 saturated carbocycles. The molecule has 1 aromatic heterocycles. The molecule has 3 rings (SSSR count). The average Bonchev–Trinajstić information content (AvgIpc) is 3.50. The summed E-state index contributed by atoms with van der Waals surface area (Å²) in [4.78, 5) is 59.6. The van der Waals surface area contributed by atoms with Gasteiger partial charge in [-0.2, -0.15) is 8.78 Å². The van der Waals surface area contributed by atoms with Gasteiger partial charge in [0, 0.05) is 30.3 Å². The van der Waals surface area contributed by atoms with E-state index in [1.165, 1.54) is 7.11 Å². The third kappa shape index (κ3) is 11.1. The maximum Gasteiger partial charge on any atom is 0.268 e. The number of aliphatic hydroxyl groups is 1. The highest BCUT2D eigenvalue weighted by Crippen LogP contribution is 2.35. The smallest absolute Gasteiger partial charge is 0.268 e. The molecule has 16 heteroatoms. The van der Waals surface area contributed by atoms with Crippen molar-refractivity contribution < 1.29 is 56.1 Å². The van der Waals surface area contributed by atoms with Crippen LogP contribution in [0.4, 0.5) is 17.6 Å². The highest BCUT2D eigenvalue weighted by Gasteiger charge is 2.34. The van der Waals surface area contributed by atoms with Crippen LogP contribution in [0.2, 0.25) is 0 Å². The number of nitrogens with one attached hydrogen (secondary N) is 4. The zero-order valence-electron chi connectivity index (χ0n) is 27.6. The van der Waals surface area contributed by atoms with Gasteiger partial charge in [-0.15, -0.1) is 0 Å². The van der Waals surface area contributed by atoms with E-state index < -0.39 is 77.5 Å². The van der Waals surface area contributed by atoms with Gasteiger partial charge < -0.3 is 40.3 Å². The second-order valence-electron chi connectivity index (χ2n) is 10.3. The van der Waals surface area contributed by atoms with Gasteiger partial charge in [0.25, 0.3) is 5.91 Å². The van der Waals surface area contributed by atoms with Gasteiger partial charge in [0.2, 0.25) is 23.4 Å². The highest BCUT2D eigenvalue weighted by atomic mass is 19.2. The first kappa shape index (κ1) is 41.0. The highest BCUT2D eigenvalue weighted by molar-refractivity contribution is 6.01. The van der Waals surface area contributed by atoms with Crippen molar-refractivity contribution in [2.24, 2.45) is 5.92 Å². The van der Waals surface area contributed by atoms with Crippen molar-refractivity contribution in [3.05, 3.63) is 58.8 Å². The summed E-state index contributed by atoms with van der Waals surface area (Å²) in [6.07, 6.45) is 1.06. The zero-order chi connectivity index (χ0) is 36.8. The second kappa shape index (κ2) is 19.0. The van der Waals surface area contributed by atoms with Gasteiger partial charge in [-0.3, -0.25) is 19.2 Å². The molecule has 0 fully saturated rings. The Morgan fingerprint density at radius 1 is 1.00 bits per heavy atom. The summed E-state index contributed by atoms with van der Waals surface area (Å²) in [7, 11) is 3.04. The minimum atomic E-state index is -2.23. The fourth-order valence-electron chi connectivity index (χ4n) is 3.92. The van der Waals surface area contributed by atoms with E-state index in [2.05, 4.69) is 25.7 Å². The molecule has 3 aromatic rings. The number of ketones is 1. The van der Waals surface area contributed by atoms with Crippen LogP contribution in [0.3, 0.4) is 0 Å². The number of aromatic amines is 1. The van der Waals surface area contributed by atoms with Crippen molar-refractivity contribution in [1.82, 2.24) is 20.9 Å². The third-order valence-electron chi connectivity index (χ3n) is 6.34. The Morgan fingerprint density at radius 2 is 1.60 bits per heavy atom. The van der Waals surface area contributed by atoms with Crippen molar-refractivity contribution in [3.8, 4) is 11.5 Å². The Balaban J connectivity index is 0.000000905. The van der Waals surface area contributed by atoms with E-state index in [9.17, 15) is 46.6 Å². The predicted octanol–water partition coefficient (Wildman–Crippen LogP) is 3.44. The van der Waals surface area contributed by atoms with Crippen molar-refractivity contribution in [2.45, 2.75) is 46.6 Å². The molecule has 0 bridgehead atoms. The molecule has 0 saturated heterocycles. The molecule has 0 spiro atoms. The van der Waals surface area contributed by atoms with Crippen LogP contribution in [0.5, 0.6) is 11.5 Å². The molecule has 48 heavy (non-hydrogen) atoms. The molecule has 0 aliphatic rings. The van der Waals surface area contributed by atoms with Crippen LogP contribution < -0.4 is 25.4 Å². The lowest BCUT2D eigenvalue weighted by atomic mass is 9.96. The van der Waals surface area contributed by atoms with E-state index in [4.69, 9.17) is 4.74 Å². The molecule has 0 radical (unpaired) electrons. The molecular weight excluding hydrogens is 644 g/mol. The number of hydrogen-bond donors (Lipinski definition) is 5. The molecular formula is C32H40F4N4O8. The standard InChI is InChI=1S/C24H23F4N3O6.C6H11NO2.C2H6/c1-24(2,35)17-18(25)20(27)22(21(28)19(17)26)37-10-11(32)8-29-16(33)9-30-23(34)14-7-12-13(31-14)5-4-6-15(12)36-3;1-5(3-4-8)6(9)7-2;1-2/h4-7,31,35H,8-10H2,1-3H3,(H,29,33)(H,30,34);4-5H,3H2,1-2H3,(H,7,9);1-2H3. The number of H-pyrrole nitrogens is 1. The van der Waals surface area contributed by atoms with Gasteiger partial charge in [-0.05, 0) is 32.0 Å². The molecule has 5 N–H and O–H groups in total. The average molecular weight is 685 g/mol. The molecule has 264 valence electrons. The lowest BCUT2D eigenvalue weighted by Gasteiger charge is -2.21. The number of carbonyl (C=O) groups excluding carboxylic acids is 5. The van der Waals surface area contributed by atoms with E-state index in [0.29, 0.717) is 23.1 Å². The van der Waals surface area contributed by atoms with Crippen LogP contribution in [0, 0.1) is 29.2 Å². The largest absolute Gasteiger partial charge is 0.496 e. The first-order valence-corrected chi connectivity index (χ1v) is 14.7. The number of halogens is 4. The number of carbonyl (C=O) groups is 5. The van der Waals surface area contributed by atoms with Crippen LogP contribution in [-0.4, -0.2) is 73.7 Å². The quantitative estimate of drug-likeness (QED) is 0.103. The summed E-state index contributed by atoms with van der Waals surface area (Å²) in [5.41, 5.74) is -2.66. The van der Waals surface area contributed by atoms with E-state index in [1.807, 2.05) is 13.8 Å². The number of benzene rings is 2. The lowest BCUT2D eigenvalue weighted by molar-refractivity contribution is -0.125. The van der Waals surface area contributed by atoms with Crippen molar-refractivity contribution in [1.29, 1.82) is 0 Å². The van der Waals surface area contributed by atoms with Gasteiger partial charge in [0.05, 0.1) is 31.4 Å². The maximum atomic E-state index is 14.2. The van der Waals surface area contributed by atoms with Gasteiger partial charge in [0.1, 0.15) is 24.3 Å². The van der Waals surface area contributed by atoms with Gasteiger partial charge in [-0.25, -0.2) is 8.78 Å². The SMILES string of the molecule is CC.CNC(=O)C(C)CC=O.COc1cccc2[nH]c(C(=O)NCC(=O)NCC(=O)COc3c(F)c(F)c(C(C)(C)O)c(F)c3F)cc12. The monoisotopic (exact) mass is 684 g/mol. The summed E-state index contributed by atoms with van der Waals surface area (Å²) >= 11 is 0. The molecule has 1 atom stereocenters. The number of aldehydes is 1. The molecule has 12 nitrogen and oxygen atoms in total. The number of ether oxygens (including phenoxy) is 2. The fourth-order valence-corrected chi connectivity index (χ4v) is 3.92. The molecule has 3 amide bonds. The Kier molecular flexibility index (Phi) is 16.2. The first-order chi connectivity index (χ1) is 22.6. The summed E-state index contributed by atoms with van der Waals surface area (Å²) in [6.45, 7) is 5.39. The van der Waals surface area contributed by atoms with E-state index in [0.717, 1.165) is 20.1 Å². The summed E-state index contributed by atoms with van der Waals surface area (Å²) < 4.78 is 66.5. The van der Waals surface area contributed by atoms with Crippen LogP contribution in [-0.2, 0) is 24.8 Å². The Morgan fingerprint density at radius 3 is 2.12 bits per heavy atom. The normalized spacial score (nSPS) is 11.2. The van der Waals surface area contributed by atoms with Gasteiger partial charge in [-0.1, -0.05) is 26.8 Å². The van der Waals surface area contributed by atoms with Crippen LogP contribution in [0.25, 0.3) is 10.9 Å².